The largest absolute Gasteiger partial charge is 0.480 e. The number of carbonyl (C=O) groups excluding carboxylic acids is 1. The van der Waals surface area contributed by atoms with Crippen LogP contribution in [0.25, 0.3) is 22.4 Å². The zero-order valence-electron chi connectivity index (χ0n) is 21.4. The summed E-state index contributed by atoms with van der Waals surface area (Å²) in [4.78, 5) is 37.8. The number of benzene rings is 2. The number of anilines is 2. The number of amides is 1. The maximum absolute atomic E-state index is 14.4. The fourth-order valence-electron chi connectivity index (χ4n) is 4.88. The van der Waals surface area contributed by atoms with E-state index in [1.165, 1.54) is 12.3 Å². The molecule has 0 radical (unpaired) electrons. The Morgan fingerprint density at radius 3 is 2.78 bits per heavy atom. The number of fused-ring (bicyclic) bond motifs is 2. The van der Waals surface area contributed by atoms with Gasteiger partial charge in [0.1, 0.15) is 35.5 Å². The smallest absolute Gasteiger partial charge is 0.320 e. The van der Waals surface area contributed by atoms with Crippen LogP contribution < -0.4 is 16.8 Å². The van der Waals surface area contributed by atoms with Gasteiger partial charge in [0, 0.05) is 22.4 Å². The highest BCUT2D eigenvalue weighted by atomic mass is 35.5. The van der Waals surface area contributed by atoms with Gasteiger partial charge in [-0.15, -0.1) is 0 Å². The highest BCUT2D eigenvalue weighted by molar-refractivity contribution is 6.31. The van der Waals surface area contributed by atoms with E-state index < -0.39 is 23.3 Å². The first-order valence-electron chi connectivity index (χ1n) is 12.4. The number of aliphatic carboxylic acids is 1. The fraction of sp³-hybridized carbons (Fsp3) is 0.185. The van der Waals surface area contributed by atoms with E-state index in [4.69, 9.17) is 32.6 Å². The number of hydrogen-bond acceptors (Lipinski definition) is 9. The summed E-state index contributed by atoms with van der Waals surface area (Å²) >= 11 is 6.27. The summed E-state index contributed by atoms with van der Waals surface area (Å²) in [6, 6.07) is 10.3. The number of hydrogen-bond donors (Lipinski definition) is 4. The Morgan fingerprint density at radius 1 is 1.24 bits per heavy atom. The molecular weight excluding hydrogens is 555 g/mol. The van der Waals surface area contributed by atoms with Crippen molar-refractivity contribution in [3.63, 3.8) is 0 Å². The maximum Gasteiger partial charge on any atom is 0.320 e. The number of carbonyl (C=O) groups is 2. The van der Waals surface area contributed by atoms with Crippen LogP contribution in [-0.4, -0.2) is 47.8 Å². The Hall–Kier alpha value is -4.88. The van der Waals surface area contributed by atoms with E-state index in [1.54, 1.807) is 48.0 Å². The van der Waals surface area contributed by atoms with E-state index in [2.05, 4.69) is 25.4 Å². The van der Waals surface area contributed by atoms with Crippen molar-refractivity contribution in [1.29, 1.82) is 0 Å². The fourth-order valence-corrected chi connectivity index (χ4v) is 5.05. The van der Waals surface area contributed by atoms with Crippen molar-refractivity contribution in [2.24, 2.45) is 5.73 Å². The summed E-state index contributed by atoms with van der Waals surface area (Å²) in [5, 5.41) is 17.6. The van der Waals surface area contributed by atoms with E-state index in [0.29, 0.717) is 27.2 Å². The van der Waals surface area contributed by atoms with E-state index in [9.17, 15) is 14.0 Å². The molecule has 5 aromatic rings. The highest BCUT2D eigenvalue weighted by Gasteiger charge is 2.51. The molecule has 41 heavy (non-hydrogen) atoms. The number of rotatable bonds is 7. The zero-order chi connectivity index (χ0) is 29.1. The molecule has 0 aliphatic carbocycles. The topological polar surface area (TPSA) is 188 Å². The summed E-state index contributed by atoms with van der Waals surface area (Å²) in [5.74, 6) is -1.83. The van der Waals surface area contributed by atoms with Gasteiger partial charge in [-0.2, -0.15) is 5.10 Å². The summed E-state index contributed by atoms with van der Waals surface area (Å²) in [7, 11) is 0. The molecule has 0 spiro atoms. The molecule has 2 atom stereocenters. The zero-order valence-corrected chi connectivity index (χ0v) is 22.2. The molecule has 1 amide bonds. The molecule has 6 N–H and O–H groups in total. The third kappa shape index (κ3) is 4.35. The van der Waals surface area contributed by atoms with Crippen molar-refractivity contribution in [2.45, 2.75) is 31.3 Å². The number of nitrogens with zero attached hydrogens (tertiary/aromatic N) is 5. The van der Waals surface area contributed by atoms with Crippen molar-refractivity contribution >= 4 is 46.0 Å². The number of oxazole rings is 1. The average Bonchev–Trinajstić information content (AvgIpc) is 3.61. The second kappa shape index (κ2) is 9.64. The Labute approximate surface area is 236 Å². The normalized spacial score (nSPS) is 17.0. The van der Waals surface area contributed by atoms with Crippen LogP contribution in [0.5, 0.6) is 0 Å². The molecule has 1 unspecified atom stereocenters. The monoisotopic (exact) mass is 576 g/mol. The van der Waals surface area contributed by atoms with Crippen LogP contribution in [-0.2, 0) is 28.0 Å². The minimum absolute atomic E-state index is 0.0151. The molecule has 12 nitrogen and oxygen atoms in total. The lowest BCUT2D eigenvalue weighted by Gasteiger charge is -2.18. The first kappa shape index (κ1) is 26.3. The van der Waals surface area contributed by atoms with Gasteiger partial charge in [-0.3, -0.25) is 14.3 Å². The lowest BCUT2D eigenvalue weighted by Crippen LogP contribution is -2.34. The van der Waals surface area contributed by atoms with Crippen LogP contribution in [0.1, 0.15) is 29.6 Å². The lowest BCUT2D eigenvalue weighted by molar-refractivity contribution is -0.138. The number of nitrogen functional groups attached to an aromatic ring is 1. The summed E-state index contributed by atoms with van der Waals surface area (Å²) in [6.07, 6.45) is 1.15. The average molecular weight is 577 g/mol. The number of aromatic nitrogens is 5. The highest BCUT2D eigenvalue weighted by Crippen LogP contribution is 2.45. The van der Waals surface area contributed by atoms with Crippen molar-refractivity contribution in [2.75, 3.05) is 11.1 Å². The molecule has 0 saturated carbocycles. The molecule has 208 valence electrons. The summed E-state index contributed by atoms with van der Waals surface area (Å²) in [6.45, 7) is 1.68. The summed E-state index contributed by atoms with van der Waals surface area (Å²) in [5.41, 5.74) is 12.4. The van der Waals surface area contributed by atoms with Gasteiger partial charge >= 0.3 is 5.97 Å². The summed E-state index contributed by atoms with van der Waals surface area (Å²) < 4.78 is 21.6. The van der Waals surface area contributed by atoms with E-state index in [0.717, 1.165) is 0 Å². The van der Waals surface area contributed by atoms with E-state index >= 15 is 0 Å². The van der Waals surface area contributed by atoms with Crippen LogP contribution in [0.2, 0.25) is 5.02 Å². The second-order valence-electron chi connectivity index (χ2n) is 9.79. The third-order valence-corrected chi connectivity index (χ3v) is 7.29. The number of nitrogens with two attached hydrogens (primary N) is 2. The molecule has 2 aromatic carbocycles. The van der Waals surface area contributed by atoms with E-state index in [-0.39, 0.29) is 53.4 Å². The van der Waals surface area contributed by atoms with Crippen molar-refractivity contribution < 1.29 is 23.5 Å². The van der Waals surface area contributed by atoms with E-state index in [1.807, 2.05) is 0 Å². The third-order valence-electron chi connectivity index (χ3n) is 7.05. The number of carboxylic acids is 1. The minimum atomic E-state index is -1.50. The predicted octanol–water partition coefficient (Wildman–Crippen LogP) is 3.12. The first-order valence-corrected chi connectivity index (χ1v) is 12.8. The molecule has 1 aliphatic rings. The van der Waals surface area contributed by atoms with Crippen LogP contribution in [0.3, 0.4) is 0 Å². The molecule has 1 aliphatic heterocycles. The van der Waals surface area contributed by atoms with Crippen LogP contribution in [0.4, 0.5) is 16.0 Å². The molecular formula is C27H22ClFN8O4. The van der Waals surface area contributed by atoms with Gasteiger partial charge in [-0.05, 0) is 31.2 Å². The van der Waals surface area contributed by atoms with Crippen LogP contribution in [0.15, 0.2) is 53.1 Å². The Kier molecular flexibility index (Phi) is 6.20. The van der Waals surface area contributed by atoms with Gasteiger partial charge in [-0.1, -0.05) is 29.8 Å². The molecule has 0 saturated heterocycles. The SMILES string of the molecule is CC1(c2nc(C[C@@H](N)C(=O)O)co2)C(=O)Nc2nc(-c3nn(Cc4ccccc4F)c4cc(Cl)ccc34)nc(N)c21. The van der Waals surface area contributed by atoms with Crippen molar-refractivity contribution in [3.05, 3.63) is 82.3 Å². The standard InChI is InChI=1S/C27H22ClFN8O4/c1-27(26-32-14(11-41-26)9-17(30)24(38)39)19-21(31)33-23(34-22(19)35-25(27)40)20-15-7-6-13(28)8-18(15)37(36-20)10-12-4-2-3-5-16(12)29/h2-8,11,17H,9-10,30H2,1H3,(H,38,39)(H3,31,33,34,35,40)/t17-,27?/m1/s1. The molecule has 6 rings (SSSR count). The number of carboxylic acid groups (broad SMARTS) is 1. The van der Waals surface area contributed by atoms with Crippen molar-refractivity contribution in [1.82, 2.24) is 24.7 Å². The Bertz CT molecular complexity index is 1870. The molecule has 0 fully saturated rings. The molecule has 14 heteroatoms. The number of halogens is 2. The first-order chi connectivity index (χ1) is 19.6. The van der Waals surface area contributed by atoms with Crippen LogP contribution >= 0.6 is 11.6 Å². The number of nitrogens with one attached hydrogen (secondary N) is 1. The predicted molar refractivity (Wildman–Crippen MR) is 147 cm³/mol. The quantitative estimate of drug-likeness (QED) is 0.224. The molecule has 3 aromatic heterocycles. The van der Waals surface area contributed by atoms with Crippen molar-refractivity contribution in [3.8, 4) is 11.5 Å². The molecule has 0 bridgehead atoms. The van der Waals surface area contributed by atoms with Gasteiger partial charge in [0.25, 0.3) is 0 Å². The van der Waals surface area contributed by atoms with Crippen LogP contribution in [0, 0.1) is 5.82 Å². The Morgan fingerprint density at radius 2 is 2.02 bits per heavy atom. The maximum atomic E-state index is 14.4. The van der Waals surface area contributed by atoms with Gasteiger partial charge in [0.15, 0.2) is 11.2 Å². The van der Waals surface area contributed by atoms with Gasteiger partial charge < -0.3 is 26.3 Å². The van der Waals surface area contributed by atoms with Gasteiger partial charge in [0.05, 0.1) is 23.3 Å². The van der Waals surface area contributed by atoms with Gasteiger partial charge in [0.2, 0.25) is 11.8 Å². The lowest BCUT2D eigenvalue weighted by atomic mass is 9.84. The second-order valence-corrected chi connectivity index (χ2v) is 10.2. The Balaban J connectivity index is 1.42. The molecule has 4 heterocycles. The van der Waals surface area contributed by atoms with Gasteiger partial charge in [-0.25, -0.2) is 19.3 Å². The minimum Gasteiger partial charge on any atom is -0.480 e.